The number of carboxylic acid groups (broad SMARTS) is 1. The number of benzene rings is 2. The summed E-state index contributed by atoms with van der Waals surface area (Å²) in [5.74, 6) is -1.61. The molecule has 2 aromatic carbocycles. The van der Waals surface area contributed by atoms with Crippen molar-refractivity contribution in [2.45, 2.75) is 57.2 Å². The Morgan fingerprint density at radius 1 is 1.12 bits per heavy atom. The van der Waals surface area contributed by atoms with E-state index in [4.69, 9.17) is 23.2 Å². The number of hydrogen-bond donors (Lipinski definition) is 1. The van der Waals surface area contributed by atoms with Gasteiger partial charge in [-0.25, -0.2) is 4.31 Å². The molecule has 2 aliphatic rings. The monoisotopic (exact) mass is 628 g/mol. The first-order chi connectivity index (χ1) is 20.1. The molecular formula is C31H32Cl2N3O5S-. The third-order valence-corrected chi connectivity index (χ3v) is 9.51. The van der Waals surface area contributed by atoms with E-state index in [1.807, 2.05) is 30.3 Å². The molecule has 1 unspecified atom stereocenters. The van der Waals surface area contributed by atoms with Crippen molar-refractivity contribution in [2.75, 3.05) is 6.54 Å². The lowest BCUT2D eigenvalue weighted by atomic mass is 9.67. The summed E-state index contributed by atoms with van der Waals surface area (Å²) in [5, 5.41) is 11.0. The third kappa shape index (κ3) is 6.87. The van der Waals surface area contributed by atoms with Gasteiger partial charge in [-0.3, -0.25) is 18.8 Å². The van der Waals surface area contributed by atoms with Crippen molar-refractivity contribution in [3.63, 3.8) is 0 Å². The third-order valence-electron chi connectivity index (χ3n) is 8.32. The van der Waals surface area contributed by atoms with E-state index >= 15 is 0 Å². The van der Waals surface area contributed by atoms with Crippen LogP contribution in [-0.2, 0) is 27.4 Å². The van der Waals surface area contributed by atoms with Crippen LogP contribution in [0.1, 0.15) is 61.4 Å². The number of carbonyl (C=O) groups is 2. The number of aromatic nitrogens is 1. The van der Waals surface area contributed by atoms with E-state index in [-0.39, 0.29) is 43.7 Å². The van der Waals surface area contributed by atoms with Crippen LogP contribution in [0.2, 0.25) is 10.0 Å². The molecule has 222 valence electrons. The molecule has 0 bridgehead atoms. The molecule has 1 aliphatic heterocycles. The average molecular weight is 630 g/mol. The Balaban J connectivity index is 1.64. The normalized spacial score (nSPS) is 24.0. The number of piperidine rings is 1. The van der Waals surface area contributed by atoms with Crippen LogP contribution in [-0.4, -0.2) is 52.5 Å². The minimum Gasteiger partial charge on any atom is -0.760 e. The summed E-state index contributed by atoms with van der Waals surface area (Å²) in [6, 6.07) is 19.0. The smallest absolute Gasteiger partial charge is 0.304 e. The Bertz CT molecular complexity index is 1460. The molecule has 1 N–H and O–H groups in total. The van der Waals surface area contributed by atoms with Gasteiger partial charge in [0.2, 0.25) is 5.91 Å². The van der Waals surface area contributed by atoms with Gasteiger partial charge >= 0.3 is 5.97 Å². The molecular weight excluding hydrogens is 597 g/mol. The zero-order chi connectivity index (χ0) is 30.0. The highest BCUT2D eigenvalue weighted by Crippen LogP contribution is 2.54. The van der Waals surface area contributed by atoms with E-state index in [1.165, 1.54) is 4.31 Å². The van der Waals surface area contributed by atoms with Crippen LogP contribution < -0.4 is 0 Å². The lowest BCUT2D eigenvalue weighted by molar-refractivity contribution is -0.161. The van der Waals surface area contributed by atoms with E-state index < -0.39 is 34.7 Å². The molecule has 3 aromatic rings. The Morgan fingerprint density at radius 2 is 1.86 bits per heavy atom. The van der Waals surface area contributed by atoms with Crippen molar-refractivity contribution in [3.05, 3.63) is 99.8 Å². The van der Waals surface area contributed by atoms with Gasteiger partial charge in [-0.15, -0.1) is 0 Å². The highest BCUT2D eigenvalue weighted by molar-refractivity contribution is 7.76. The topological polar surface area (TPSA) is 114 Å². The first kappa shape index (κ1) is 30.6. The highest BCUT2D eigenvalue weighted by atomic mass is 35.5. The predicted molar refractivity (Wildman–Crippen MR) is 160 cm³/mol. The molecule has 1 aromatic heterocycles. The molecule has 2 heterocycles. The number of rotatable bonds is 11. The number of amides is 1. The number of carboxylic acids is 1. The summed E-state index contributed by atoms with van der Waals surface area (Å²) in [7, 11) is 0. The van der Waals surface area contributed by atoms with Crippen LogP contribution >= 0.6 is 23.2 Å². The number of nitrogens with zero attached hydrogens (tertiary/aromatic N) is 3. The molecule has 5 atom stereocenters. The second-order valence-electron chi connectivity index (χ2n) is 11.5. The number of carbonyl (C=O) groups excluding carboxylic acids is 1. The van der Waals surface area contributed by atoms with Gasteiger partial charge in [0.25, 0.3) is 0 Å². The van der Waals surface area contributed by atoms with Gasteiger partial charge in [0, 0.05) is 46.0 Å². The molecule has 1 saturated carbocycles. The Morgan fingerprint density at radius 3 is 2.45 bits per heavy atom. The molecule has 1 amide bonds. The van der Waals surface area contributed by atoms with E-state index in [0.717, 1.165) is 24.0 Å². The maximum absolute atomic E-state index is 14.6. The molecule has 1 saturated heterocycles. The van der Waals surface area contributed by atoms with Crippen LogP contribution in [0.5, 0.6) is 0 Å². The minimum absolute atomic E-state index is 0.0535. The lowest BCUT2D eigenvalue weighted by Crippen LogP contribution is -2.59. The SMILES string of the molecule is C[C@]1(CC(=O)O)C[C@H](c2cccc(Cl)c2)[C@@H](c2ccc(Cl)cc2)N([C@H](CN(Cc2ccccn2)S(=O)[O-])C2CC2)C1=O. The molecule has 8 nitrogen and oxygen atoms in total. The zero-order valence-corrected chi connectivity index (χ0v) is 25.4. The van der Waals surface area contributed by atoms with E-state index in [1.54, 1.807) is 54.4 Å². The van der Waals surface area contributed by atoms with Gasteiger partial charge in [0.15, 0.2) is 0 Å². The average Bonchev–Trinajstić information content (AvgIpc) is 3.79. The number of aliphatic carboxylic acids is 1. The van der Waals surface area contributed by atoms with Crippen molar-refractivity contribution >= 4 is 46.3 Å². The summed E-state index contributed by atoms with van der Waals surface area (Å²) >= 11 is 10.1. The summed E-state index contributed by atoms with van der Waals surface area (Å²) < 4.78 is 26.3. The Kier molecular flexibility index (Phi) is 9.34. The van der Waals surface area contributed by atoms with Gasteiger partial charge in [-0.1, -0.05) is 60.5 Å². The fourth-order valence-corrected chi connectivity index (χ4v) is 7.09. The van der Waals surface area contributed by atoms with Crippen molar-refractivity contribution in [1.82, 2.24) is 14.2 Å². The fraction of sp³-hybridized carbons (Fsp3) is 0.387. The number of likely N-dealkylation sites (tertiary alicyclic amines) is 1. The molecule has 5 rings (SSSR count). The first-order valence-electron chi connectivity index (χ1n) is 13.9. The predicted octanol–water partition coefficient (Wildman–Crippen LogP) is 6.00. The van der Waals surface area contributed by atoms with Crippen LogP contribution in [0.15, 0.2) is 72.9 Å². The number of pyridine rings is 1. The van der Waals surface area contributed by atoms with Crippen LogP contribution in [0.25, 0.3) is 0 Å². The largest absolute Gasteiger partial charge is 0.760 e. The molecule has 2 fully saturated rings. The van der Waals surface area contributed by atoms with Gasteiger partial charge in [0.05, 0.1) is 30.1 Å². The quantitative estimate of drug-likeness (QED) is 0.260. The summed E-state index contributed by atoms with van der Waals surface area (Å²) in [6.45, 7) is 1.81. The maximum atomic E-state index is 14.6. The minimum atomic E-state index is -2.59. The second-order valence-corrected chi connectivity index (χ2v) is 13.3. The van der Waals surface area contributed by atoms with E-state index in [2.05, 4.69) is 4.98 Å². The highest BCUT2D eigenvalue weighted by Gasteiger charge is 2.54. The molecule has 0 spiro atoms. The van der Waals surface area contributed by atoms with Crippen molar-refractivity contribution in [2.24, 2.45) is 11.3 Å². The summed E-state index contributed by atoms with van der Waals surface area (Å²) in [5.41, 5.74) is 1.07. The van der Waals surface area contributed by atoms with Crippen molar-refractivity contribution < 1.29 is 23.5 Å². The fourth-order valence-electron chi connectivity index (χ4n) is 6.25. The second kappa shape index (κ2) is 12.8. The van der Waals surface area contributed by atoms with Gasteiger partial charge < -0.3 is 14.6 Å². The molecule has 1 aliphatic carbocycles. The standard InChI is InChI=1S/C31H33Cl2N3O5S/c1-31(17-28(37)38)16-26(22-5-4-6-24(33)15-22)29(21-10-12-23(32)13-11-21)36(30(31)39)27(20-8-9-20)19-35(42(40)41)18-25-7-2-3-14-34-25/h2-7,10-15,20,26-27,29H,8-9,16-19H2,1H3,(H,37,38)(H,40,41)/p-1/t26-,27-,29-,31-/m1/s1. The Labute approximate surface area is 258 Å². The lowest BCUT2D eigenvalue weighted by Gasteiger charge is -2.52. The van der Waals surface area contributed by atoms with E-state index in [0.29, 0.717) is 15.7 Å². The van der Waals surface area contributed by atoms with E-state index in [9.17, 15) is 23.5 Å². The van der Waals surface area contributed by atoms with Crippen molar-refractivity contribution in [1.29, 1.82) is 0 Å². The Hall–Kier alpha value is -2.82. The van der Waals surface area contributed by atoms with Crippen molar-refractivity contribution in [3.8, 4) is 0 Å². The first-order valence-corrected chi connectivity index (χ1v) is 15.6. The molecule has 0 radical (unpaired) electrons. The maximum Gasteiger partial charge on any atom is 0.304 e. The summed E-state index contributed by atoms with van der Waals surface area (Å²) in [6.07, 6.45) is 3.21. The van der Waals surface area contributed by atoms with Crippen LogP contribution in [0.4, 0.5) is 0 Å². The van der Waals surface area contributed by atoms with Crippen LogP contribution in [0, 0.1) is 11.3 Å². The molecule has 11 heteroatoms. The summed E-state index contributed by atoms with van der Waals surface area (Å²) in [4.78, 5) is 32.8. The molecule has 42 heavy (non-hydrogen) atoms. The number of hydrogen-bond acceptors (Lipinski definition) is 5. The zero-order valence-electron chi connectivity index (χ0n) is 23.1. The number of halogens is 2. The van der Waals surface area contributed by atoms with Gasteiger partial charge in [-0.2, -0.15) is 0 Å². The van der Waals surface area contributed by atoms with Gasteiger partial charge in [0.1, 0.15) is 0 Å². The van der Waals surface area contributed by atoms with Gasteiger partial charge in [-0.05, 0) is 72.7 Å². The van der Waals surface area contributed by atoms with Crippen LogP contribution in [0.3, 0.4) is 0 Å².